The largest absolute Gasteiger partial charge is 0.504 e. The van der Waals surface area contributed by atoms with Gasteiger partial charge in [-0.15, -0.1) is 0 Å². The first-order valence-electron chi connectivity index (χ1n) is 36.5. The monoisotopic (exact) mass is 1340 g/mol. The maximum absolute atomic E-state index is 13.6. The first kappa shape index (κ1) is 66.9. The molecule has 0 unspecified atom stereocenters. The van der Waals surface area contributed by atoms with E-state index in [1.165, 1.54) is 32.8 Å². The molecule has 6 aliphatic heterocycles. The molecule has 0 radical (unpaired) electrons. The molecule has 16 rings (SSSR count). The Kier molecular flexibility index (Phi) is 19.5. The fourth-order valence-corrected chi connectivity index (χ4v) is 16.2. The number of carbonyl (C=O) groups is 3. The lowest BCUT2D eigenvalue weighted by atomic mass is 9.94. The zero-order valence-corrected chi connectivity index (χ0v) is 59.0. The number of rotatable bonds is 12. The molecular weight excluding hydrogens is 1250 g/mol. The lowest BCUT2D eigenvalue weighted by molar-refractivity contribution is 0.0592. The van der Waals surface area contributed by atoms with E-state index >= 15 is 0 Å². The lowest BCUT2D eigenvalue weighted by Crippen LogP contribution is -2.39. The zero-order valence-electron chi connectivity index (χ0n) is 59.0. The third kappa shape index (κ3) is 13.7. The van der Waals surface area contributed by atoms with Crippen molar-refractivity contribution in [1.29, 1.82) is 0 Å². The van der Waals surface area contributed by atoms with Gasteiger partial charge in [-0.05, 0) is 172 Å². The van der Waals surface area contributed by atoms with E-state index in [-0.39, 0.29) is 47.2 Å². The van der Waals surface area contributed by atoms with Crippen molar-refractivity contribution in [2.75, 3.05) is 87.3 Å². The van der Waals surface area contributed by atoms with Crippen molar-refractivity contribution in [3.63, 3.8) is 0 Å². The second-order valence-electron chi connectivity index (χ2n) is 28.9. The summed E-state index contributed by atoms with van der Waals surface area (Å²) in [6.07, 6.45) is 22.9. The highest BCUT2D eigenvalue weighted by molar-refractivity contribution is 5.98. The minimum atomic E-state index is -0.205. The van der Waals surface area contributed by atoms with Gasteiger partial charge in [-0.2, -0.15) is 20.4 Å². The van der Waals surface area contributed by atoms with Crippen LogP contribution in [-0.2, 0) is 12.8 Å². The molecule has 2 aromatic carbocycles. The molecule has 6 saturated heterocycles. The van der Waals surface area contributed by atoms with Crippen LogP contribution in [0.2, 0.25) is 0 Å². The number of para-hydroxylation sites is 2. The summed E-state index contributed by atoms with van der Waals surface area (Å²) in [6.45, 7) is 24.0. The average molecular weight is 1340 g/mol. The van der Waals surface area contributed by atoms with Gasteiger partial charge >= 0.3 is 0 Å². The number of phenols is 1. The Morgan fingerprint density at radius 1 is 0.515 bits per heavy atom. The molecule has 6 fully saturated rings. The number of benzene rings is 2. The maximum Gasteiger partial charge on any atom is 0.275 e. The van der Waals surface area contributed by atoms with Crippen molar-refractivity contribution in [2.24, 2.45) is 17.8 Å². The van der Waals surface area contributed by atoms with E-state index in [1.54, 1.807) is 18.2 Å². The smallest absolute Gasteiger partial charge is 0.275 e. The number of fused-ring (bicyclic) bond motifs is 4. The first-order valence-corrected chi connectivity index (χ1v) is 36.5. The van der Waals surface area contributed by atoms with Crippen molar-refractivity contribution in [2.45, 2.75) is 169 Å². The number of aromatic hydroxyl groups is 1. The number of phenolic OH excluding ortho intramolecular Hbond substituents is 1. The Hall–Kier alpha value is -9.28. The Morgan fingerprint density at radius 3 is 1.38 bits per heavy atom. The summed E-state index contributed by atoms with van der Waals surface area (Å²) in [6, 6.07) is 18.5. The van der Waals surface area contributed by atoms with Crippen molar-refractivity contribution in [1.82, 2.24) is 68.7 Å². The number of methoxy groups -OCH3 is 1. The van der Waals surface area contributed by atoms with E-state index in [4.69, 9.17) is 39.7 Å². The van der Waals surface area contributed by atoms with Crippen LogP contribution in [-0.4, -0.2) is 164 Å². The van der Waals surface area contributed by atoms with E-state index in [2.05, 4.69) is 91.0 Å². The van der Waals surface area contributed by atoms with E-state index in [0.717, 1.165) is 209 Å². The van der Waals surface area contributed by atoms with Gasteiger partial charge < -0.3 is 44.0 Å². The number of aromatic amines is 1. The number of hydrogen-bond acceptors (Lipinski definition) is 16. The van der Waals surface area contributed by atoms with E-state index in [0.29, 0.717) is 53.7 Å². The number of likely N-dealkylation sites (tertiary alicyclic amines) is 3. The van der Waals surface area contributed by atoms with Crippen LogP contribution in [0.25, 0.3) is 16.9 Å². The highest BCUT2D eigenvalue weighted by Crippen LogP contribution is 2.40. The van der Waals surface area contributed by atoms with Crippen molar-refractivity contribution >= 4 is 52.1 Å². The normalized spacial score (nSPS) is 21.8. The van der Waals surface area contributed by atoms with Crippen LogP contribution in [0.1, 0.15) is 212 Å². The molecule has 23 heteroatoms. The molecule has 7 aliphatic rings. The minimum absolute atomic E-state index is 0.0108. The average Bonchev–Trinajstić information content (AvgIpc) is 1.66. The Bertz CT molecular complexity index is 4420. The van der Waals surface area contributed by atoms with Gasteiger partial charge in [-0.3, -0.25) is 19.5 Å². The summed E-state index contributed by atoms with van der Waals surface area (Å²) in [5, 5.41) is 32.7. The number of H-pyrrole nitrogens is 1. The first-order chi connectivity index (χ1) is 48.1. The van der Waals surface area contributed by atoms with Gasteiger partial charge in [0.05, 0.1) is 60.1 Å². The molecular formula is C76H97N17O6. The number of anilines is 3. The summed E-state index contributed by atoms with van der Waals surface area (Å²) in [5.41, 5.74) is 12.3. The van der Waals surface area contributed by atoms with Gasteiger partial charge in [0.25, 0.3) is 17.7 Å². The number of hydrogen-bond donors (Lipinski definition) is 2. The summed E-state index contributed by atoms with van der Waals surface area (Å²) in [5.74, 6) is 5.91. The Balaban J connectivity index is 0.000000127. The standard InChI is InChI=1S/C26H33N5O2.C25H33N7O.C25H31N5O3/c1-4-33-23-11-6-5-9-20(23)26(32)30-13-8-7-10-22(30)21-15-24-27-25(19(3)17-31(24)28-21)29-14-12-18(2)16-29;1-16-10-12-30(14-16)24-17(2)15-32-22(26-24)13-20(29-32)21-9-5-6-11-31(21)25(33)23-18-7-3-4-8-19(18)27-28-23;1-16-10-12-28(14-16)24-17(2)15-30-22(26-24)13-19(27-30)20-8-4-5-11-29(20)25(32)18-7-6-9-21(33-3)23(18)31/h5-6,9,11,15,17-18,22H,4,7-8,10,12-14,16H2,1-3H3;13,15-16,21H,3-12,14H2,1-2H3,(H,27,28);6-7,9,13,15-16,20,31H,4-5,8,10-12,14H2,1-3H3/t18-,22-;16-,21-;16-,20-/m000/s1. The van der Waals surface area contributed by atoms with Crippen LogP contribution < -0.4 is 24.2 Å². The Labute approximate surface area is 579 Å². The van der Waals surface area contributed by atoms with Crippen LogP contribution in [0, 0.1) is 38.5 Å². The molecule has 13 heterocycles. The number of amides is 3. The molecule has 0 spiro atoms. The van der Waals surface area contributed by atoms with Crippen LogP contribution in [0.5, 0.6) is 17.2 Å². The molecule has 3 amide bonds. The molecule has 522 valence electrons. The summed E-state index contributed by atoms with van der Waals surface area (Å²) >= 11 is 0. The second-order valence-corrected chi connectivity index (χ2v) is 28.9. The van der Waals surface area contributed by atoms with Gasteiger partial charge in [0.2, 0.25) is 0 Å². The van der Waals surface area contributed by atoms with E-state index in [1.807, 2.05) is 71.7 Å². The third-order valence-corrected chi connectivity index (χ3v) is 21.5. The van der Waals surface area contributed by atoms with Gasteiger partial charge in [0, 0.05) is 124 Å². The number of carbonyl (C=O) groups excluding carboxylic acids is 3. The summed E-state index contributed by atoms with van der Waals surface area (Å²) in [7, 11) is 1.48. The van der Waals surface area contributed by atoms with Crippen LogP contribution >= 0.6 is 0 Å². The predicted octanol–water partition coefficient (Wildman–Crippen LogP) is 12.5. The minimum Gasteiger partial charge on any atom is -0.504 e. The van der Waals surface area contributed by atoms with E-state index in [9.17, 15) is 19.5 Å². The van der Waals surface area contributed by atoms with Crippen molar-refractivity contribution in [3.05, 3.63) is 141 Å². The zero-order chi connectivity index (χ0) is 68.6. The number of aromatic nitrogens is 11. The highest BCUT2D eigenvalue weighted by atomic mass is 16.5. The number of ether oxygens (including phenoxy) is 2. The summed E-state index contributed by atoms with van der Waals surface area (Å²) < 4.78 is 16.5. The molecule has 23 nitrogen and oxygen atoms in total. The molecule has 2 N–H and O–H groups in total. The van der Waals surface area contributed by atoms with Crippen LogP contribution in [0.15, 0.2) is 79.3 Å². The lowest BCUT2D eigenvalue weighted by Gasteiger charge is -2.35. The van der Waals surface area contributed by atoms with E-state index < -0.39 is 0 Å². The molecule has 7 aromatic heterocycles. The molecule has 6 atom stereocenters. The number of aryl methyl sites for hydroxylation is 4. The van der Waals surface area contributed by atoms with Crippen molar-refractivity contribution < 1.29 is 29.0 Å². The van der Waals surface area contributed by atoms with Gasteiger partial charge in [0.1, 0.15) is 23.2 Å². The van der Waals surface area contributed by atoms with Gasteiger partial charge in [-0.25, -0.2) is 28.5 Å². The molecule has 0 saturated carbocycles. The van der Waals surface area contributed by atoms with Gasteiger partial charge in [0.15, 0.2) is 34.1 Å². The fourth-order valence-electron chi connectivity index (χ4n) is 16.2. The predicted molar refractivity (Wildman–Crippen MR) is 382 cm³/mol. The molecule has 99 heavy (non-hydrogen) atoms. The second kappa shape index (κ2) is 28.9. The Morgan fingerprint density at radius 2 is 0.939 bits per heavy atom. The fraction of sp³-hybridized carbons (Fsp3) is 0.526. The molecule has 9 aromatic rings. The summed E-state index contributed by atoms with van der Waals surface area (Å²) in [4.78, 5) is 68.5. The number of nitrogens with zero attached hydrogens (tertiary/aromatic N) is 16. The maximum atomic E-state index is 13.6. The quantitative estimate of drug-likeness (QED) is 0.116. The highest BCUT2D eigenvalue weighted by Gasteiger charge is 2.37. The van der Waals surface area contributed by atoms with Crippen LogP contribution in [0.4, 0.5) is 17.5 Å². The van der Waals surface area contributed by atoms with Gasteiger partial charge in [-0.1, -0.05) is 39.0 Å². The van der Waals surface area contributed by atoms with Crippen molar-refractivity contribution in [3.8, 4) is 17.2 Å². The molecule has 0 bridgehead atoms. The molecule has 1 aliphatic carbocycles. The topological polar surface area (TPSA) is 229 Å². The SMILES string of the molecule is CCOc1ccccc1C(=O)N1CCCC[C@H]1c1cc2nc(N3CC[C@H](C)C3)c(C)cn2n1.COc1cccc(C(=O)N2CCCC[C@H]2c2cc3nc(N4CC[C@H](C)C4)c(C)cn3n2)c1O.Cc1cn2nc([C@@H]3CCCCN3C(=O)c3n[nH]c4c3CCCC4)cc2nc1N1CC[C@H](C)C1. The third-order valence-electron chi connectivity index (χ3n) is 21.5. The van der Waals surface area contributed by atoms with Crippen LogP contribution in [0.3, 0.4) is 0 Å². The number of nitrogens with one attached hydrogen (secondary N) is 1. The number of piperidine rings is 3.